The maximum atomic E-state index is 13.0. The molecule has 2 saturated heterocycles. The highest BCUT2D eigenvalue weighted by molar-refractivity contribution is 5.81. The van der Waals surface area contributed by atoms with Gasteiger partial charge in [0, 0.05) is 33.6 Å². The highest BCUT2D eigenvalue weighted by atomic mass is 16.5. The number of aryl methyl sites for hydroxylation is 1. The molecular weight excluding hydrogens is 428 g/mol. The number of likely N-dealkylation sites (tertiary alicyclic amines) is 1. The van der Waals surface area contributed by atoms with Gasteiger partial charge >= 0.3 is 5.69 Å². The Bertz CT molecular complexity index is 1170. The average Bonchev–Trinajstić information content (AvgIpc) is 3.23. The molecule has 0 bridgehead atoms. The van der Waals surface area contributed by atoms with E-state index in [2.05, 4.69) is 4.98 Å². The summed E-state index contributed by atoms with van der Waals surface area (Å²) in [7, 11) is 3.00. The molecule has 4 rings (SSSR count). The van der Waals surface area contributed by atoms with E-state index in [9.17, 15) is 19.5 Å². The molecule has 182 valence electrons. The number of aromatic nitrogens is 4. The molecule has 2 aromatic rings. The number of nitrogens with zero attached hydrogens (tertiary/aromatic N) is 5. The molecule has 2 aliphatic rings. The van der Waals surface area contributed by atoms with Crippen LogP contribution < -0.4 is 17.0 Å². The zero-order chi connectivity index (χ0) is 24.1. The molecule has 0 unspecified atom stereocenters. The van der Waals surface area contributed by atoms with Gasteiger partial charge < -0.3 is 25.0 Å². The molecule has 0 aromatic carbocycles. The average molecular weight is 463 g/mol. The van der Waals surface area contributed by atoms with Crippen molar-refractivity contribution in [2.24, 2.45) is 19.8 Å². The first-order valence-corrected chi connectivity index (χ1v) is 11.5. The molecule has 2 aromatic heterocycles. The summed E-state index contributed by atoms with van der Waals surface area (Å²) in [5.74, 6) is -0.0314. The summed E-state index contributed by atoms with van der Waals surface area (Å²) < 4.78 is 10.3. The number of piperidine rings is 1. The van der Waals surface area contributed by atoms with Gasteiger partial charge in [0.15, 0.2) is 11.2 Å². The lowest BCUT2D eigenvalue weighted by atomic mass is 9.77. The van der Waals surface area contributed by atoms with Crippen LogP contribution in [0.1, 0.15) is 52.0 Å². The van der Waals surface area contributed by atoms with Gasteiger partial charge in [-0.05, 0) is 26.2 Å². The fraction of sp³-hybridized carbons (Fsp3) is 0.727. The first-order chi connectivity index (χ1) is 15.5. The molecule has 33 heavy (non-hydrogen) atoms. The lowest BCUT2D eigenvalue weighted by Crippen LogP contribution is -2.58. The molecule has 2 aliphatic heterocycles. The van der Waals surface area contributed by atoms with E-state index >= 15 is 0 Å². The molecular formula is C22H34N6O5. The lowest BCUT2D eigenvalue weighted by Gasteiger charge is -2.51. The Labute approximate surface area is 191 Å². The zero-order valence-electron chi connectivity index (χ0n) is 19.8. The van der Waals surface area contributed by atoms with E-state index in [0.29, 0.717) is 38.8 Å². The summed E-state index contributed by atoms with van der Waals surface area (Å²) in [6, 6.07) is -0.962. The van der Waals surface area contributed by atoms with E-state index in [1.54, 1.807) is 23.4 Å². The Hall–Kier alpha value is -2.50. The number of imidazole rings is 1. The third-order valence-corrected chi connectivity index (χ3v) is 7.37. The van der Waals surface area contributed by atoms with Crippen molar-refractivity contribution in [2.75, 3.05) is 19.7 Å². The number of ether oxygens (including phenoxy) is 1. The van der Waals surface area contributed by atoms with Crippen molar-refractivity contribution in [3.8, 4) is 0 Å². The number of aliphatic hydroxyl groups is 1. The molecule has 0 saturated carbocycles. The maximum absolute atomic E-state index is 13.0. The molecule has 1 amide bonds. The molecule has 3 atom stereocenters. The number of hydrogen-bond donors (Lipinski definition) is 2. The topological polar surface area (TPSA) is 138 Å². The van der Waals surface area contributed by atoms with Gasteiger partial charge in [0.2, 0.25) is 5.91 Å². The molecule has 11 nitrogen and oxygen atoms in total. The summed E-state index contributed by atoms with van der Waals surface area (Å²) >= 11 is 0. The number of carbonyl (C=O) groups excluding carboxylic acids is 1. The standard InChI is InChI=1S/C22H34N6O5/c1-5-6-14(23)18(29)27-9-7-22(8-10-27)11-15(21(2,32)12-33-22)28-13-24-17-16(28)19(30)26(4)20(31)25(17)3/h13-15,32H,5-12,23H2,1-4H3/t14-,15-,21-/m0/s1. The van der Waals surface area contributed by atoms with E-state index in [-0.39, 0.29) is 23.7 Å². The lowest BCUT2D eigenvalue weighted by molar-refractivity contribution is -0.201. The van der Waals surface area contributed by atoms with Crippen LogP contribution in [-0.2, 0) is 23.6 Å². The van der Waals surface area contributed by atoms with E-state index in [1.807, 2.05) is 6.92 Å². The summed E-state index contributed by atoms with van der Waals surface area (Å²) in [6.07, 6.45) is 4.73. The first kappa shape index (κ1) is 23.7. The smallest absolute Gasteiger partial charge is 0.332 e. The second-order valence-electron chi connectivity index (χ2n) is 9.80. The number of hydrogen-bond acceptors (Lipinski definition) is 7. The van der Waals surface area contributed by atoms with Crippen molar-refractivity contribution in [3.05, 3.63) is 27.2 Å². The molecule has 0 radical (unpaired) electrons. The Morgan fingerprint density at radius 3 is 2.61 bits per heavy atom. The Morgan fingerprint density at radius 2 is 1.97 bits per heavy atom. The van der Waals surface area contributed by atoms with Crippen molar-refractivity contribution in [3.63, 3.8) is 0 Å². The van der Waals surface area contributed by atoms with Crippen molar-refractivity contribution in [1.82, 2.24) is 23.6 Å². The van der Waals surface area contributed by atoms with Crippen LogP contribution in [0.4, 0.5) is 0 Å². The van der Waals surface area contributed by atoms with Crippen molar-refractivity contribution < 1.29 is 14.6 Å². The largest absolute Gasteiger partial charge is 0.386 e. The van der Waals surface area contributed by atoms with E-state index in [1.165, 1.54) is 17.9 Å². The normalized spacial score (nSPS) is 26.1. The summed E-state index contributed by atoms with van der Waals surface area (Å²) in [5, 5.41) is 11.2. The third-order valence-electron chi connectivity index (χ3n) is 7.37. The van der Waals surface area contributed by atoms with Gasteiger partial charge in [0.25, 0.3) is 5.56 Å². The fourth-order valence-corrected chi connectivity index (χ4v) is 5.18. The molecule has 1 spiro atoms. The summed E-state index contributed by atoms with van der Waals surface area (Å²) in [5.41, 5.74) is 3.92. The number of amides is 1. The number of carbonyl (C=O) groups is 1. The minimum atomic E-state index is -1.24. The Morgan fingerprint density at radius 1 is 1.30 bits per heavy atom. The minimum Gasteiger partial charge on any atom is -0.386 e. The van der Waals surface area contributed by atoms with Crippen molar-refractivity contribution in [2.45, 2.75) is 69.2 Å². The summed E-state index contributed by atoms with van der Waals surface area (Å²) in [4.78, 5) is 44.0. The summed E-state index contributed by atoms with van der Waals surface area (Å²) in [6.45, 7) is 4.85. The van der Waals surface area contributed by atoms with E-state index < -0.39 is 34.5 Å². The maximum Gasteiger partial charge on any atom is 0.332 e. The number of rotatable bonds is 4. The zero-order valence-corrected chi connectivity index (χ0v) is 19.8. The van der Waals surface area contributed by atoms with Crippen LogP contribution in [0.3, 0.4) is 0 Å². The first-order valence-electron chi connectivity index (χ1n) is 11.5. The second-order valence-corrected chi connectivity index (χ2v) is 9.80. The van der Waals surface area contributed by atoms with Crippen LogP contribution in [-0.4, -0.2) is 71.5 Å². The molecule has 3 N–H and O–H groups in total. The van der Waals surface area contributed by atoms with Gasteiger partial charge in [-0.1, -0.05) is 13.3 Å². The monoisotopic (exact) mass is 462 g/mol. The van der Waals surface area contributed by atoms with Crippen molar-refractivity contribution >= 4 is 17.1 Å². The van der Waals surface area contributed by atoms with Crippen LogP contribution in [0.15, 0.2) is 15.9 Å². The Balaban J connectivity index is 1.63. The number of fused-ring (bicyclic) bond motifs is 1. The van der Waals surface area contributed by atoms with Crippen LogP contribution in [0.5, 0.6) is 0 Å². The van der Waals surface area contributed by atoms with Gasteiger partial charge in [-0.25, -0.2) is 9.78 Å². The van der Waals surface area contributed by atoms with Crippen LogP contribution in [0.2, 0.25) is 0 Å². The predicted molar refractivity (Wildman–Crippen MR) is 122 cm³/mol. The van der Waals surface area contributed by atoms with Gasteiger partial charge in [-0.3, -0.25) is 18.7 Å². The third kappa shape index (κ3) is 3.91. The Kier molecular flexibility index (Phi) is 6.00. The van der Waals surface area contributed by atoms with Crippen LogP contribution in [0.25, 0.3) is 11.2 Å². The fourth-order valence-electron chi connectivity index (χ4n) is 5.18. The molecule has 0 aliphatic carbocycles. The van der Waals surface area contributed by atoms with Gasteiger partial charge in [0.1, 0.15) is 5.60 Å². The minimum absolute atomic E-state index is 0.0314. The van der Waals surface area contributed by atoms with E-state index in [4.69, 9.17) is 10.5 Å². The second kappa shape index (κ2) is 8.37. The van der Waals surface area contributed by atoms with Crippen molar-refractivity contribution in [1.29, 1.82) is 0 Å². The molecule has 2 fully saturated rings. The SMILES string of the molecule is CCC[C@H](N)C(=O)N1CCC2(CC1)C[C@H](n1cnc3c1c(=O)n(C)c(=O)n3C)[C@@](C)(O)CO2. The van der Waals surface area contributed by atoms with Gasteiger partial charge in [-0.2, -0.15) is 0 Å². The van der Waals surface area contributed by atoms with Crippen LogP contribution in [0, 0.1) is 0 Å². The van der Waals surface area contributed by atoms with Crippen LogP contribution >= 0.6 is 0 Å². The highest BCUT2D eigenvalue weighted by Gasteiger charge is 2.50. The number of nitrogens with two attached hydrogens (primary N) is 1. The highest BCUT2D eigenvalue weighted by Crippen LogP contribution is 2.44. The van der Waals surface area contributed by atoms with Gasteiger partial charge in [0.05, 0.1) is 30.6 Å². The quantitative estimate of drug-likeness (QED) is 0.633. The van der Waals surface area contributed by atoms with Gasteiger partial charge in [-0.15, -0.1) is 0 Å². The molecule has 11 heteroatoms. The molecule has 4 heterocycles. The predicted octanol–water partition coefficient (Wildman–Crippen LogP) is -0.365. The van der Waals surface area contributed by atoms with E-state index in [0.717, 1.165) is 11.0 Å².